The number of benzene rings is 1. The van der Waals surface area contributed by atoms with Gasteiger partial charge in [0, 0.05) is 28.7 Å². The molecule has 0 aliphatic carbocycles. The number of likely N-dealkylation sites (tertiary alicyclic amines) is 1. The topological polar surface area (TPSA) is 57.7 Å². The second-order valence-electron chi connectivity index (χ2n) is 5.49. The van der Waals surface area contributed by atoms with Crippen LogP contribution in [0.15, 0.2) is 23.1 Å². The first-order chi connectivity index (χ1) is 11.5. The van der Waals surface area contributed by atoms with Gasteiger partial charge in [0.1, 0.15) is 6.54 Å². The second kappa shape index (κ2) is 7.17. The van der Waals surface area contributed by atoms with E-state index in [1.165, 1.54) is 6.08 Å². The SMILES string of the molecule is O=C(CN1C(=O)S/C(=C\c2c(Cl)cccc2Cl)C1=O)N1CCCC1. The minimum Gasteiger partial charge on any atom is -0.341 e. The van der Waals surface area contributed by atoms with Gasteiger partial charge in [-0.2, -0.15) is 0 Å². The van der Waals surface area contributed by atoms with Crippen LogP contribution in [0.5, 0.6) is 0 Å². The Balaban J connectivity index is 1.78. The Morgan fingerprint density at radius 1 is 1.17 bits per heavy atom. The van der Waals surface area contributed by atoms with Crippen LogP contribution < -0.4 is 0 Å². The fourth-order valence-corrected chi connectivity index (χ4v) is 3.94. The monoisotopic (exact) mass is 384 g/mol. The third-order valence-corrected chi connectivity index (χ3v) is 5.47. The molecule has 0 atom stereocenters. The lowest BCUT2D eigenvalue weighted by molar-refractivity contribution is -0.135. The van der Waals surface area contributed by atoms with Gasteiger partial charge >= 0.3 is 0 Å². The molecule has 24 heavy (non-hydrogen) atoms. The van der Waals surface area contributed by atoms with E-state index in [9.17, 15) is 14.4 Å². The van der Waals surface area contributed by atoms with E-state index in [4.69, 9.17) is 23.2 Å². The maximum absolute atomic E-state index is 12.5. The van der Waals surface area contributed by atoms with Crippen molar-refractivity contribution in [2.45, 2.75) is 12.8 Å². The van der Waals surface area contributed by atoms with Gasteiger partial charge in [0.25, 0.3) is 11.1 Å². The Morgan fingerprint density at radius 2 is 1.79 bits per heavy atom. The maximum Gasteiger partial charge on any atom is 0.294 e. The van der Waals surface area contributed by atoms with Gasteiger partial charge in [0.15, 0.2) is 0 Å². The molecule has 1 aromatic carbocycles. The summed E-state index contributed by atoms with van der Waals surface area (Å²) in [5.74, 6) is -0.694. The average Bonchev–Trinajstić information content (AvgIpc) is 3.16. The molecule has 2 aliphatic heterocycles. The highest BCUT2D eigenvalue weighted by atomic mass is 35.5. The number of hydrogen-bond donors (Lipinski definition) is 0. The number of thioether (sulfide) groups is 1. The second-order valence-corrected chi connectivity index (χ2v) is 7.30. The van der Waals surface area contributed by atoms with Crippen LogP contribution in [0, 0.1) is 0 Å². The zero-order valence-electron chi connectivity index (χ0n) is 12.6. The van der Waals surface area contributed by atoms with Crippen LogP contribution in [-0.2, 0) is 9.59 Å². The molecule has 2 fully saturated rings. The first-order valence-electron chi connectivity index (χ1n) is 7.44. The predicted molar refractivity (Wildman–Crippen MR) is 95.0 cm³/mol. The van der Waals surface area contributed by atoms with E-state index < -0.39 is 11.1 Å². The fraction of sp³-hybridized carbons (Fsp3) is 0.312. The summed E-state index contributed by atoms with van der Waals surface area (Å²) in [6.45, 7) is 1.14. The van der Waals surface area contributed by atoms with Crippen molar-refractivity contribution in [1.82, 2.24) is 9.80 Å². The molecule has 0 saturated carbocycles. The number of nitrogens with zero attached hydrogens (tertiary/aromatic N) is 2. The smallest absolute Gasteiger partial charge is 0.294 e. The number of amides is 3. The van der Waals surface area contributed by atoms with Crippen LogP contribution in [0.25, 0.3) is 6.08 Å². The molecule has 126 valence electrons. The van der Waals surface area contributed by atoms with Gasteiger partial charge in [-0.1, -0.05) is 29.3 Å². The quantitative estimate of drug-likeness (QED) is 0.746. The molecule has 1 aromatic rings. The molecule has 0 unspecified atom stereocenters. The highest BCUT2D eigenvalue weighted by molar-refractivity contribution is 8.18. The molecular formula is C16H14Cl2N2O3S. The van der Waals surface area contributed by atoms with Crippen molar-refractivity contribution >= 4 is 58.1 Å². The Hall–Kier alpha value is -1.50. The summed E-state index contributed by atoms with van der Waals surface area (Å²) in [6.07, 6.45) is 3.41. The van der Waals surface area contributed by atoms with E-state index in [0.29, 0.717) is 28.7 Å². The van der Waals surface area contributed by atoms with Crippen molar-refractivity contribution in [3.63, 3.8) is 0 Å². The first kappa shape index (κ1) is 17.3. The highest BCUT2D eigenvalue weighted by Gasteiger charge is 2.37. The van der Waals surface area contributed by atoms with Gasteiger partial charge in [-0.25, -0.2) is 0 Å². The maximum atomic E-state index is 12.5. The molecule has 2 heterocycles. The van der Waals surface area contributed by atoms with Crippen molar-refractivity contribution < 1.29 is 14.4 Å². The van der Waals surface area contributed by atoms with Crippen molar-refractivity contribution in [1.29, 1.82) is 0 Å². The largest absolute Gasteiger partial charge is 0.341 e. The van der Waals surface area contributed by atoms with Gasteiger partial charge in [0.2, 0.25) is 5.91 Å². The molecule has 0 aromatic heterocycles. The number of carbonyl (C=O) groups is 3. The molecule has 0 N–H and O–H groups in total. The summed E-state index contributed by atoms with van der Waals surface area (Å²) >= 11 is 13.0. The van der Waals surface area contributed by atoms with Crippen molar-refractivity contribution in [3.05, 3.63) is 38.7 Å². The Kier molecular flexibility index (Phi) is 5.18. The molecule has 5 nitrogen and oxygen atoms in total. The molecule has 2 saturated heterocycles. The first-order valence-corrected chi connectivity index (χ1v) is 9.02. The van der Waals surface area contributed by atoms with E-state index in [1.54, 1.807) is 23.1 Å². The van der Waals surface area contributed by atoms with E-state index in [1.807, 2.05) is 0 Å². The van der Waals surface area contributed by atoms with E-state index in [-0.39, 0.29) is 17.4 Å². The van der Waals surface area contributed by atoms with E-state index in [0.717, 1.165) is 29.5 Å². The van der Waals surface area contributed by atoms with Gasteiger partial charge in [-0.3, -0.25) is 19.3 Å². The van der Waals surface area contributed by atoms with Gasteiger partial charge in [0.05, 0.1) is 4.91 Å². The lowest BCUT2D eigenvalue weighted by atomic mass is 10.2. The Labute approximate surface area is 153 Å². The predicted octanol–water partition coefficient (Wildman–Crippen LogP) is 3.65. The highest BCUT2D eigenvalue weighted by Crippen LogP contribution is 2.35. The summed E-state index contributed by atoms with van der Waals surface area (Å²) < 4.78 is 0. The molecule has 0 spiro atoms. The number of rotatable bonds is 3. The minimum atomic E-state index is -0.492. The van der Waals surface area contributed by atoms with Crippen LogP contribution in [0.2, 0.25) is 10.0 Å². The fourth-order valence-electron chi connectivity index (χ4n) is 2.62. The molecule has 0 radical (unpaired) electrons. The Morgan fingerprint density at radius 3 is 2.42 bits per heavy atom. The number of hydrogen-bond acceptors (Lipinski definition) is 4. The molecule has 8 heteroatoms. The van der Waals surface area contributed by atoms with Crippen LogP contribution in [0.3, 0.4) is 0 Å². The molecule has 3 rings (SSSR count). The summed E-state index contributed by atoms with van der Waals surface area (Å²) in [5, 5.41) is 0.326. The van der Waals surface area contributed by atoms with Crippen LogP contribution >= 0.6 is 35.0 Å². The molecular weight excluding hydrogens is 371 g/mol. The zero-order valence-corrected chi connectivity index (χ0v) is 15.0. The molecule has 3 amide bonds. The van der Waals surface area contributed by atoms with Crippen molar-refractivity contribution in [2.75, 3.05) is 19.6 Å². The lowest BCUT2D eigenvalue weighted by Crippen LogP contribution is -2.40. The average molecular weight is 385 g/mol. The summed E-state index contributed by atoms with van der Waals surface area (Å²) in [6, 6.07) is 5.00. The normalized spacial score (nSPS) is 19.7. The van der Waals surface area contributed by atoms with Gasteiger partial charge < -0.3 is 4.90 Å². The van der Waals surface area contributed by atoms with Crippen molar-refractivity contribution in [2.24, 2.45) is 0 Å². The number of halogens is 2. The van der Waals surface area contributed by atoms with Crippen LogP contribution in [-0.4, -0.2) is 46.5 Å². The summed E-state index contributed by atoms with van der Waals surface area (Å²) in [5.41, 5.74) is 0.484. The number of carbonyl (C=O) groups excluding carboxylic acids is 3. The summed E-state index contributed by atoms with van der Waals surface area (Å²) in [4.78, 5) is 39.6. The molecule has 2 aliphatic rings. The van der Waals surface area contributed by atoms with E-state index in [2.05, 4.69) is 0 Å². The van der Waals surface area contributed by atoms with Gasteiger partial charge in [-0.05, 0) is 42.8 Å². The summed E-state index contributed by atoms with van der Waals surface area (Å²) in [7, 11) is 0. The molecule has 0 bridgehead atoms. The lowest BCUT2D eigenvalue weighted by Gasteiger charge is -2.18. The third kappa shape index (κ3) is 3.45. The van der Waals surface area contributed by atoms with Gasteiger partial charge in [-0.15, -0.1) is 0 Å². The van der Waals surface area contributed by atoms with Crippen molar-refractivity contribution in [3.8, 4) is 0 Å². The minimum absolute atomic E-state index is 0.202. The zero-order chi connectivity index (χ0) is 17.3. The van der Waals surface area contributed by atoms with Crippen LogP contribution in [0.1, 0.15) is 18.4 Å². The van der Waals surface area contributed by atoms with E-state index >= 15 is 0 Å². The standard InChI is InChI=1S/C16H14Cl2N2O3S/c17-11-4-3-5-12(18)10(11)8-13-15(22)20(16(23)24-13)9-14(21)19-6-1-2-7-19/h3-5,8H,1-2,6-7,9H2/b13-8-. The Bertz CT molecular complexity index is 725. The third-order valence-electron chi connectivity index (χ3n) is 3.90. The number of imide groups is 1. The van der Waals surface area contributed by atoms with Crippen LogP contribution in [0.4, 0.5) is 4.79 Å².